The molecule has 0 aliphatic rings. The number of nitrogens with zero attached hydrogens (tertiary/aromatic N) is 2. The summed E-state index contributed by atoms with van der Waals surface area (Å²) in [5, 5.41) is 15.8. The molecule has 144 valence electrons. The van der Waals surface area contributed by atoms with Crippen molar-refractivity contribution in [3.05, 3.63) is 46.8 Å². The van der Waals surface area contributed by atoms with Crippen molar-refractivity contribution in [3.8, 4) is 17.0 Å². The van der Waals surface area contributed by atoms with Crippen LogP contribution in [-0.4, -0.2) is 51.9 Å². The number of thioether (sulfide) groups is 1. The van der Waals surface area contributed by atoms with E-state index in [1.165, 1.54) is 17.8 Å². The third kappa shape index (κ3) is 5.85. The van der Waals surface area contributed by atoms with Gasteiger partial charge in [0.15, 0.2) is 0 Å². The van der Waals surface area contributed by atoms with Gasteiger partial charge in [-0.05, 0) is 36.6 Å². The van der Waals surface area contributed by atoms with Crippen molar-refractivity contribution in [3.63, 3.8) is 0 Å². The molecule has 1 atom stereocenters. The average molecular weight is 391 g/mol. The maximum Gasteiger partial charge on any atom is 0.326 e. The first-order valence-electron chi connectivity index (χ1n) is 8.18. The zero-order valence-electron chi connectivity index (χ0n) is 15.0. The zero-order chi connectivity index (χ0) is 19.8. The number of hydrogen-bond acceptors (Lipinski definition) is 6. The van der Waals surface area contributed by atoms with Crippen molar-refractivity contribution in [1.82, 2.24) is 15.1 Å². The number of nitrogens with one attached hydrogen (secondary N) is 1. The first kappa shape index (κ1) is 20.5. The van der Waals surface area contributed by atoms with Crippen LogP contribution in [0.15, 0.2) is 41.2 Å². The Morgan fingerprint density at radius 3 is 2.78 bits per heavy atom. The predicted octanol–water partition coefficient (Wildman–Crippen LogP) is 1.24. The van der Waals surface area contributed by atoms with Gasteiger partial charge in [-0.2, -0.15) is 16.9 Å². The number of aliphatic carboxylic acids is 1. The summed E-state index contributed by atoms with van der Waals surface area (Å²) in [6.07, 6.45) is 2.16. The SMILES string of the molecule is COc1cccc(-c2ccc(=O)n(CC(=O)NC(CCSC)C(=O)O)n2)c1. The highest BCUT2D eigenvalue weighted by atomic mass is 32.2. The summed E-state index contributed by atoms with van der Waals surface area (Å²) in [6.45, 7) is -0.361. The number of ether oxygens (including phenoxy) is 1. The Kier molecular flexibility index (Phi) is 7.42. The quantitative estimate of drug-likeness (QED) is 0.662. The Morgan fingerprint density at radius 1 is 1.33 bits per heavy atom. The molecule has 2 aromatic rings. The van der Waals surface area contributed by atoms with Crippen LogP contribution in [0.2, 0.25) is 0 Å². The van der Waals surface area contributed by atoms with Gasteiger partial charge in [0, 0.05) is 11.6 Å². The third-order valence-electron chi connectivity index (χ3n) is 3.77. The second kappa shape index (κ2) is 9.77. The molecule has 1 heterocycles. The van der Waals surface area contributed by atoms with Crippen LogP contribution in [0.3, 0.4) is 0 Å². The van der Waals surface area contributed by atoms with Gasteiger partial charge in [0.1, 0.15) is 18.3 Å². The summed E-state index contributed by atoms with van der Waals surface area (Å²) in [7, 11) is 1.55. The number of amides is 1. The monoisotopic (exact) mass is 391 g/mol. The molecule has 0 fully saturated rings. The Bertz CT molecular complexity index is 868. The number of benzene rings is 1. The number of carbonyl (C=O) groups is 2. The van der Waals surface area contributed by atoms with Gasteiger partial charge in [-0.25, -0.2) is 9.48 Å². The number of rotatable bonds is 9. The Morgan fingerprint density at radius 2 is 2.11 bits per heavy atom. The van der Waals surface area contributed by atoms with E-state index < -0.39 is 23.5 Å². The highest BCUT2D eigenvalue weighted by molar-refractivity contribution is 7.98. The van der Waals surface area contributed by atoms with Gasteiger partial charge in [0.2, 0.25) is 5.91 Å². The maximum absolute atomic E-state index is 12.2. The number of aromatic nitrogens is 2. The van der Waals surface area contributed by atoms with E-state index in [1.807, 2.05) is 12.3 Å². The molecule has 27 heavy (non-hydrogen) atoms. The molecule has 0 radical (unpaired) electrons. The van der Waals surface area contributed by atoms with Crippen LogP contribution in [0, 0.1) is 0 Å². The van der Waals surface area contributed by atoms with E-state index in [-0.39, 0.29) is 6.54 Å². The molecule has 1 aromatic heterocycles. The van der Waals surface area contributed by atoms with Crippen molar-refractivity contribution < 1.29 is 19.4 Å². The minimum atomic E-state index is -1.11. The number of methoxy groups -OCH3 is 1. The molecule has 2 rings (SSSR count). The molecule has 0 spiro atoms. The first-order valence-corrected chi connectivity index (χ1v) is 9.57. The predicted molar refractivity (Wildman–Crippen MR) is 103 cm³/mol. The second-order valence-corrected chi connectivity index (χ2v) is 6.67. The van der Waals surface area contributed by atoms with Gasteiger partial charge >= 0.3 is 5.97 Å². The number of carboxylic acid groups (broad SMARTS) is 1. The normalized spacial score (nSPS) is 11.6. The van der Waals surface area contributed by atoms with Crippen LogP contribution < -0.4 is 15.6 Å². The van der Waals surface area contributed by atoms with Crippen molar-refractivity contribution in [1.29, 1.82) is 0 Å². The molecule has 2 N–H and O–H groups in total. The van der Waals surface area contributed by atoms with E-state index in [0.29, 0.717) is 23.6 Å². The Labute approximate surface area is 160 Å². The first-order chi connectivity index (χ1) is 12.9. The van der Waals surface area contributed by atoms with E-state index in [9.17, 15) is 19.5 Å². The van der Waals surface area contributed by atoms with Crippen molar-refractivity contribution in [2.75, 3.05) is 19.1 Å². The van der Waals surface area contributed by atoms with Gasteiger partial charge in [0.25, 0.3) is 5.56 Å². The lowest BCUT2D eigenvalue weighted by molar-refractivity contribution is -0.142. The zero-order valence-corrected chi connectivity index (χ0v) is 15.9. The smallest absolute Gasteiger partial charge is 0.326 e. The fraction of sp³-hybridized carbons (Fsp3) is 0.333. The molecule has 0 saturated carbocycles. The standard InChI is InChI=1S/C18H21N3O5S/c1-26-13-5-3-4-12(10-13)14-6-7-17(23)21(20-14)11-16(22)19-15(18(24)25)8-9-27-2/h3-7,10,15H,8-9,11H2,1-2H3,(H,19,22)(H,24,25). The summed E-state index contributed by atoms with van der Waals surface area (Å²) in [5.74, 6) is -0.451. The fourth-order valence-corrected chi connectivity index (χ4v) is 2.84. The van der Waals surface area contributed by atoms with Crippen LogP contribution in [-0.2, 0) is 16.1 Å². The van der Waals surface area contributed by atoms with Crippen molar-refractivity contribution in [2.24, 2.45) is 0 Å². The third-order valence-corrected chi connectivity index (χ3v) is 4.41. The molecule has 8 nitrogen and oxygen atoms in total. The van der Waals surface area contributed by atoms with Gasteiger partial charge in [-0.15, -0.1) is 0 Å². The van der Waals surface area contributed by atoms with Gasteiger partial charge in [-0.1, -0.05) is 12.1 Å². The summed E-state index contributed by atoms with van der Waals surface area (Å²) in [4.78, 5) is 35.5. The highest BCUT2D eigenvalue weighted by Crippen LogP contribution is 2.21. The molecule has 0 aliphatic carbocycles. The maximum atomic E-state index is 12.2. The number of hydrogen-bond donors (Lipinski definition) is 2. The van der Waals surface area contributed by atoms with Crippen LogP contribution in [0.4, 0.5) is 0 Å². The van der Waals surface area contributed by atoms with Crippen LogP contribution in [0.25, 0.3) is 11.3 Å². The second-order valence-electron chi connectivity index (χ2n) is 5.69. The fourth-order valence-electron chi connectivity index (χ4n) is 2.37. The molecular formula is C18H21N3O5S. The van der Waals surface area contributed by atoms with Gasteiger partial charge < -0.3 is 15.2 Å². The van der Waals surface area contributed by atoms with Gasteiger partial charge in [-0.3, -0.25) is 9.59 Å². The van der Waals surface area contributed by atoms with E-state index in [2.05, 4.69) is 10.4 Å². The van der Waals surface area contributed by atoms with Crippen molar-refractivity contribution >= 4 is 23.6 Å². The Balaban J connectivity index is 2.17. The minimum Gasteiger partial charge on any atom is -0.497 e. The summed E-state index contributed by atoms with van der Waals surface area (Å²) < 4.78 is 6.19. The lowest BCUT2D eigenvalue weighted by atomic mass is 10.1. The minimum absolute atomic E-state index is 0.300. The van der Waals surface area contributed by atoms with Crippen LogP contribution in [0.5, 0.6) is 5.75 Å². The van der Waals surface area contributed by atoms with E-state index in [4.69, 9.17) is 4.74 Å². The Hall–Kier alpha value is -2.81. The molecule has 1 unspecified atom stereocenters. The number of carboxylic acids is 1. The molecule has 0 aliphatic heterocycles. The molecular weight excluding hydrogens is 370 g/mol. The summed E-state index contributed by atoms with van der Waals surface area (Å²) in [6, 6.07) is 9.03. The highest BCUT2D eigenvalue weighted by Gasteiger charge is 2.20. The largest absolute Gasteiger partial charge is 0.497 e. The molecule has 1 aromatic carbocycles. The molecule has 0 saturated heterocycles. The van der Waals surface area contributed by atoms with E-state index in [1.54, 1.807) is 31.4 Å². The molecule has 1 amide bonds. The molecule has 0 bridgehead atoms. The lowest BCUT2D eigenvalue weighted by Gasteiger charge is -2.14. The van der Waals surface area contributed by atoms with Crippen molar-refractivity contribution in [2.45, 2.75) is 19.0 Å². The number of carbonyl (C=O) groups excluding carboxylic acids is 1. The molecule has 9 heteroatoms. The van der Waals surface area contributed by atoms with Crippen LogP contribution in [0.1, 0.15) is 6.42 Å². The topological polar surface area (TPSA) is 111 Å². The summed E-state index contributed by atoms with van der Waals surface area (Å²) >= 11 is 1.49. The van der Waals surface area contributed by atoms with E-state index >= 15 is 0 Å². The van der Waals surface area contributed by atoms with Gasteiger partial charge in [0.05, 0.1) is 12.8 Å². The van der Waals surface area contributed by atoms with Crippen LogP contribution >= 0.6 is 11.8 Å². The van der Waals surface area contributed by atoms with E-state index in [0.717, 1.165) is 10.2 Å². The lowest BCUT2D eigenvalue weighted by Crippen LogP contribution is -2.44. The average Bonchev–Trinajstić information content (AvgIpc) is 2.66. The summed E-state index contributed by atoms with van der Waals surface area (Å²) in [5.41, 5.74) is 0.776.